The maximum absolute atomic E-state index is 10.5. The second-order valence-electron chi connectivity index (χ2n) is 3.80. The van der Waals surface area contributed by atoms with E-state index >= 15 is 0 Å². The van der Waals surface area contributed by atoms with Gasteiger partial charge in [-0.2, -0.15) is 0 Å². The van der Waals surface area contributed by atoms with Crippen LogP contribution in [0.4, 0.5) is 0 Å². The Morgan fingerprint density at radius 3 is 2.29 bits per heavy atom. The van der Waals surface area contributed by atoms with E-state index in [9.17, 15) is 15.0 Å². The Morgan fingerprint density at radius 2 is 1.82 bits per heavy atom. The number of carboxylic acids is 1. The van der Waals surface area contributed by atoms with Gasteiger partial charge < -0.3 is 15.3 Å². The Labute approximate surface area is 104 Å². The highest BCUT2D eigenvalue weighted by atomic mass is 35.5. The van der Waals surface area contributed by atoms with E-state index in [0.717, 1.165) is 0 Å². The molecule has 1 aromatic carbocycles. The van der Waals surface area contributed by atoms with Crippen molar-refractivity contribution in [1.82, 2.24) is 0 Å². The molecule has 0 fully saturated rings. The molecule has 0 saturated carbocycles. The van der Waals surface area contributed by atoms with Gasteiger partial charge in [-0.05, 0) is 17.5 Å². The van der Waals surface area contributed by atoms with Gasteiger partial charge in [-0.3, -0.25) is 4.79 Å². The number of halogens is 1. The summed E-state index contributed by atoms with van der Waals surface area (Å²) in [5.41, 5.74) is 1.21. The summed E-state index contributed by atoms with van der Waals surface area (Å²) < 4.78 is 0. The van der Waals surface area contributed by atoms with E-state index < -0.39 is 18.2 Å². The minimum atomic E-state index is -0.993. The molecule has 0 aliphatic rings. The summed E-state index contributed by atoms with van der Waals surface area (Å²) in [6.45, 7) is 0. The standard InChI is InChI=1S/C12H15ClO4/c13-6-5-10(14)12(17)9-3-1-8(2-4-9)7-11(15)16/h1-4,10,12,14,17H,5-7H2,(H,15,16). The van der Waals surface area contributed by atoms with Crippen molar-refractivity contribution in [3.8, 4) is 0 Å². The molecule has 17 heavy (non-hydrogen) atoms. The summed E-state index contributed by atoms with van der Waals surface area (Å²) in [5.74, 6) is -0.629. The number of hydrogen-bond donors (Lipinski definition) is 3. The van der Waals surface area contributed by atoms with Gasteiger partial charge in [0.25, 0.3) is 0 Å². The third kappa shape index (κ3) is 4.34. The Hall–Kier alpha value is -1.10. The molecular formula is C12H15ClO4. The highest BCUT2D eigenvalue weighted by Gasteiger charge is 2.17. The average Bonchev–Trinajstić information content (AvgIpc) is 2.28. The van der Waals surface area contributed by atoms with E-state index in [2.05, 4.69) is 0 Å². The second kappa shape index (κ2) is 6.59. The molecule has 5 heteroatoms. The fraction of sp³-hybridized carbons (Fsp3) is 0.417. The van der Waals surface area contributed by atoms with Gasteiger partial charge in [0, 0.05) is 5.88 Å². The van der Waals surface area contributed by atoms with Crippen LogP contribution in [0.15, 0.2) is 24.3 Å². The SMILES string of the molecule is O=C(O)Cc1ccc(C(O)C(O)CCCl)cc1. The van der Waals surface area contributed by atoms with E-state index in [0.29, 0.717) is 17.5 Å². The third-order valence-corrected chi connectivity index (χ3v) is 2.66. The zero-order valence-electron chi connectivity index (χ0n) is 9.21. The highest BCUT2D eigenvalue weighted by molar-refractivity contribution is 6.17. The molecule has 94 valence electrons. The lowest BCUT2D eigenvalue weighted by atomic mass is 10.0. The molecule has 0 saturated heterocycles. The van der Waals surface area contributed by atoms with Crippen LogP contribution in [0.1, 0.15) is 23.7 Å². The molecule has 4 nitrogen and oxygen atoms in total. The zero-order chi connectivity index (χ0) is 12.8. The summed E-state index contributed by atoms with van der Waals surface area (Å²) in [7, 11) is 0. The van der Waals surface area contributed by atoms with Crippen LogP contribution in [0.2, 0.25) is 0 Å². The van der Waals surface area contributed by atoms with Crippen LogP contribution in [0.25, 0.3) is 0 Å². The van der Waals surface area contributed by atoms with Gasteiger partial charge in [0.2, 0.25) is 0 Å². The number of aliphatic hydroxyl groups excluding tert-OH is 2. The van der Waals surface area contributed by atoms with Gasteiger partial charge >= 0.3 is 5.97 Å². The van der Waals surface area contributed by atoms with Crippen molar-refractivity contribution < 1.29 is 20.1 Å². The summed E-state index contributed by atoms with van der Waals surface area (Å²) in [6.07, 6.45) is -1.65. The van der Waals surface area contributed by atoms with Gasteiger partial charge in [-0.25, -0.2) is 0 Å². The molecule has 0 aliphatic carbocycles. The van der Waals surface area contributed by atoms with E-state index in [4.69, 9.17) is 16.7 Å². The van der Waals surface area contributed by atoms with Crippen molar-refractivity contribution in [3.05, 3.63) is 35.4 Å². The molecule has 0 amide bonds. The first-order valence-electron chi connectivity index (χ1n) is 5.27. The van der Waals surface area contributed by atoms with Crippen molar-refractivity contribution in [2.24, 2.45) is 0 Å². The Morgan fingerprint density at radius 1 is 1.24 bits per heavy atom. The Bertz CT molecular complexity index is 363. The summed E-state index contributed by atoms with van der Waals surface area (Å²) in [4.78, 5) is 10.5. The normalized spacial score (nSPS) is 14.3. The molecule has 2 atom stereocenters. The molecule has 3 N–H and O–H groups in total. The summed E-state index contributed by atoms with van der Waals surface area (Å²) in [6, 6.07) is 6.47. The van der Waals surface area contributed by atoms with Crippen molar-refractivity contribution in [1.29, 1.82) is 0 Å². The Balaban J connectivity index is 2.69. The molecule has 0 radical (unpaired) electrons. The number of benzene rings is 1. The fourth-order valence-corrected chi connectivity index (χ4v) is 1.72. The quantitative estimate of drug-likeness (QED) is 0.673. The van der Waals surface area contributed by atoms with E-state index in [1.807, 2.05) is 0 Å². The lowest BCUT2D eigenvalue weighted by Gasteiger charge is -2.17. The zero-order valence-corrected chi connectivity index (χ0v) is 9.97. The molecule has 0 aromatic heterocycles. The number of carboxylic acid groups (broad SMARTS) is 1. The predicted octanol–water partition coefficient (Wildman–Crippen LogP) is 1.34. The molecule has 0 bridgehead atoms. The van der Waals surface area contributed by atoms with Gasteiger partial charge in [0.1, 0.15) is 6.10 Å². The summed E-state index contributed by atoms with van der Waals surface area (Å²) in [5, 5.41) is 27.9. The number of rotatable bonds is 6. The van der Waals surface area contributed by atoms with Crippen molar-refractivity contribution in [2.45, 2.75) is 25.0 Å². The molecule has 1 aromatic rings. The first-order chi connectivity index (χ1) is 8.04. The van der Waals surface area contributed by atoms with E-state index in [1.54, 1.807) is 24.3 Å². The average molecular weight is 259 g/mol. The third-order valence-electron chi connectivity index (χ3n) is 2.45. The van der Waals surface area contributed by atoms with Crippen LogP contribution in [0.5, 0.6) is 0 Å². The van der Waals surface area contributed by atoms with E-state index in [-0.39, 0.29) is 12.3 Å². The van der Waals surface area contributed by atoms with E-state index in [1.165, 1.54) is 0 Å². The van der Waals surface area contributed by atoms with Crippen LogP contribution < -0.4 is 0 Å². The smallest absolute Gasteiger partial charge is 0.307 e. The van der Waals surface area contributed by atoms with Crippen LogP contribution in [-0.4, -0.2) is 33.3 Å². The molecule has 0 aliphatic heterocycles. The van der Waals surface area contributed by atoms with Crippen molar-refractivity contribution in [3.63, 3.8) is 0 Å². The first kappa shape index (κ1) is 14.0. The number of hydrogen-bond acceptors (Lipinski definition) is 3. The number of aliphatic hydroxyl groups is 2. The van der Waals surface area contributed by atoms with Gasteiger partial charge in [-0.15, -0.1) is 11.6 Å². The fourth-order valence-electron chi connectivity index (χ4n) is 1.50. The Kier molecular flexibility index (Phi) is 5.41. The number of alkyl halides is 1. The first-order valence-corrected chi connectivity index (χ1v) is 5.80. The van der Waals surface area contributed by atoms with Gasteiger partial charge in [-0.1, -0.05) is 24.3 Å². The minimum Gasteiger partial charge on any atom is -0.481 e. The summed E-state index contributed by atoms with van der Waals surface area (Å²) >= 11 is 5.47. The van der Waals surface area contributed by atoms with Gasteiger partial charge in [0.15, 0.2) is 0 Å². The van der Waals surface area contributed by atoms with Crippen molar-refractivity contribution >= 4 is 17.6 Å². The maximum atomic E-state index is 10.5. The maximum Gasteiger partial charge on any atom is 0.307 e. The molecule has 0 spiro atoms. The van der Waals surface area contributed by atoms with Crippen molar-refractivity contribution in [2.75, 3.05) is 5.88 Å². The predicted molar refractivity (Wildman–Crippen MR) is 64.1 cm³/mol. The molecule has 0 heterocycles. The molecule has 1 rings (SSSR count). The second-order valence-corrected chi connectivity index (χ2v) is 4.18. The lowest BCUT2D eigenvalue weighted by molar-refractivity contribution is -0.136. The largest absolute Gasteiger partial charge is 0.481 e. The van der Waals surface area contributed by atoms with Crippen LogP contribution in [0, 0.1) is 0 Å². The van der Waals surface area contributed by atoms with Crippen LogP contribution >= 0.6 is 11.6 Å². The molecular weight excluding hydrogens is 244 g/mol. The number of carbonyl (C=O) groups is 1. The molecule has 2 unspecified atom stereocenters. The monoisotopic (exact) mass is 258 g/mol. The van der Waals surface area contributed by atoms with Crippen LogP contribution in [0.3, 0.4) is 0 Å². The number of aliphatic carboxylic acids is 1. The minimum absolute atomic E-state index is 0.0550. The topological polar surface area (TPSA) is 77.8 Å². The highest BCUT2D eigenvalue weighted by Crippen LogP contribution is 2.19. The lowest BCUT2D eigenvalue weighted by Crippen LogP contribution is -2.18. The van der Waals surface area contributed by atoms with Crippen LogP contribution in [-0.2, 0) is 11.2 Å². The van der Waals surface area contributed by atoms with Gasteiger partial charge in [0.05, 0.1) is 12.5 Å².